The van der Waals surface area contributed by atoms with E-state index in [-0.39, 0.29) is 35.5 Å². The van der Waals surface area contributed by atoms with Crippen LogP contribution < -0.4 is 11.3 Å². The van der Waals surface area contributed by atoms with E-state index in [1.165, 1.54) is 12.1 Å². The third kappa shape index (κ3) is 4.01. The zero-order chi connectivity index (χ0) is 28.0. The molecule has 0 bridgehead atoms. The van der Waals surface area contributed by atoms with E-state index in [0.717, 1.165) is 21.5 Å². The minimum Gasteiger partial charge on any atom is -0.462 e. The fraction of sp³-hybridized carbons (Fsp3) is 0.125. The number of ether oxygens (including phenoxy) is 2. The Morgan fingerprint density at radius 3 is 1.40 bits per heavy atom. The maximum Gasteiger partial charge on any atom is 0.351 e. The summed E-state index contributed by atoms with van der Waals surface area (Å²) in [6.45, 7) is 3.51. The fourth-order valence-corrected chi connectivity index (χ4v) is 5.06. The highest BCUT2D eigenvalue weighted by molar-refractivity contribution is 6.21. The number of carbonyl (C=O) groups is 2. The molecule has 0 unspecified atom stereocenters. The first-order chi connectivity index (χ1) is 19.4. The van der Waals surface area contributed by atoms with Crippen molar-refractivity contribution in [3.05, 3.63) is 105 Å². The number of fused-ring (bicyclic) bond motifs is 4. The van der Waals surface area contributed by atoms with Crippen LogP contribution in [0.3, 0.4) is 0 Å². The van der Waals surface area contributed by atoms with E-state index in [1.807, 2.05) is 60.7 Å². The van der Waals surface area contributed by atoms with Crippen molar-refractivity contribution < 1.29 is 27.9 Å². The van der Waals surface area contributed by atoms with Crippen molar-refractivity contribution >= 4 is 55.4 Å². The molecule has 6 aromatic rings. The van der Waals surface area contributed by atoms with Crippen LogP contribution in [-0.4, -0.2) is 25.2 Å². The van der Waals surface area contributed by atoms with Gasteiger partial charge in [0.15, 0.2) is 0 Å². The van der Waals surface area contributed by atoms with Gasteiger partial charge in [0.1, 0.15) is 22.3 Å². The lowest BCUT2D eigenvalue weighted by Crippen LogP contribution is -2.17. The molecule has 0 amide bonds. The highest BCUT2D eigenvalue weighted by Gasteiger charge is 2.24. The second-order valence-electron chi connectivity index (χ2n) is 9.12. The molecule has 0 saturated carbocycles. The quantitative estimate of drug-likeness (QED) is 0.145. The van der Waals surface area contributed by atoms with Crippen LogP contribution in [0.2, 0.25) is 0 Å². The molecule has 0 radical (unpaired) electrons. The third-order valence-corrected chi connectivity index (χ3v) is 6.73. The molecule has 6 rings (SSSR count). The summed E-state index contributed by atoms with van der Waals surface area (Å²) in [5.74, 6) is -1.55. The molecule has 0 aliphatic rings. The van der Waals surface area contributed by atoms with E-state index in [2.05, 4.69) is 0 Å². The molecule has 40 heavy (non-hydrogen) atoms. The van der Waals surface area contributed by atoms with Crippen molar-refractivity contribution in [2.24, 2.45) is 0 Å². The van der Waals surface area contributed by atoms with Crippen LogP contribution in [0.15, 0.2) is 91.2 Å². The molecule has 0 fully saturated rings. The normalized spacial score (nSPS) is 11.3. The lowest BCUT2D eigenvalue weighted by Gasteiger charge is -2.15. The third-order valence-electron chi connectivity index (χ3n) is 6.73. The second kappa shape index (κ2) is 9.81. The standard InChI is InChI=1S/C32H22O8/c1-3-37-29(33)23-15-19-13-17-9-5-7-11-21(17)25(27(19)39-31(23)35)26-22-12-8-6-10-18(22)14-20-16-24(30(34)38-4-2)32(36)40-28(20)26/h5-16H,3-4H2,1-2H3. The first kappa shape index (κ1) is 25.1. The van der Waals surface area contributed by atoms with Crippen LogP contribution in [0, 0.1) is 0 Å². The monoisotopic (exact) mass is 534 g/mol. The Morgan fingerprint density at radius 2 is 1.00 bits per heavy atom. The molecule has 8 nitrogen and oxygen atoms in total. The average molecular weight is 535 g/mol. The summed E-state index contributed by atoms with van der Waals surface area (Å²) in [7, 11) is 0. The van der Waals surface area contributed by atoms with Crippen molar-refractivity contribution in [2.45, 2.75) is 13.8 Å². The van der Waals surface area contributed by atoms with Gasteiger partial charge in [-0.3, -0.25) is 0 Å². The summed E-state index contributed by atoms with van der Waals surface area (Å²) in [4.78, 5) is 51.0. The zero-order valence-corrected chi connectivity index (χ0v) is 21.6. The van der Waals surface area contributed by atoms with E-state index in [4.69, 9.17) is 18.3 Å². The molecule has 0 aliphatic heterocycles. The summed E-state index contributed by atoms with van der Waals surface area (Å²) in [5, 5.41) is 4.06. The Bertz CT molecular complexity index is 1960. The van der Waals surface area contributed by atoms with Crippen LogP contribution in [0.25, 0.3) is 54.6 Å². The molecule has 198 valence electrons. The molecule has 0 aliphatic carbocycles. The van der Waals surface area contributed by atoms with Gasteiger partial charge in [-0.05, 0) is 59.7 Å². The molecule has 4 aromatic carbocycles. The van der Waals surface area contributed by atoms with Crippen LogP contribution in [0.4, 0.5) is 0 Å². The van der Waals surface area contributed by atoms with Crippen molar-refractivity contribution in [3.63, 3.8) is 0 Å². The maximum absolute atomic E-state index is 13.0. The van der Waals surface area contributed by atoms with Gasteiger partial charge >= 0.3 is 23.2 Å². The van der Waals surface area contributed by atoms with Crippen LogP contribution in [-0.2, 0) is 9.47 Å². The summed E-state index contributed by atoms with van der Waals surface area (Å²) < 4.78 is 21.8. The lowest BCUT2D eigenvalue weighted by molar-refractivity contribution is 0.0512. The van der Waals surface area contributed by atoms with Crippen LogP contribution in [0.5, 0.6) is 0 Å². The lowest BCUT2D eigenvalue weighted by atomic mass is 9.90. The van der Waals surface area contributed by atoms with E-state index in [1.54, 1.807) is 13.8 Å². The Hall–Kier alpha value is -5.24. The highest BCUT2D eigenvalue weighted by Crippen LogP contribution is 2.43. The largest absolute Gasteiger partial charge is 0.462 e. The molecule has 8 heteroatoms. The van der Waals surface area contributed by atoms with Crippen LogP contribution in [0.1, 0.15) is 34.6 Å². The Balaban J connectivity index is 1.80. The van der Waals surface area contributed by atoms with Gasteiger partial charge in [0.25, 0.3) is 0 Å². The number of rotatable bonds is 5. The Kier molecular flexibility index (Phi) is 6.15. The van der Waals surface area contributed by atoms with E-state index in [0.29, 0.717) is 21.9 Å². The maximum atomic E-state index is 13.0. The minimum atomic E-state index is -0.849. The summed E-state index contributed by atoms with van der Waals surface area (Å²) in [6, 6.07) is 21.6. The van der Waals surface area contributed by atoms with Crippen molar-refractivity contribution in [1.82, 2.24) is 0 Å². The van der Waals surface area contributed by atoms with E-state index in [9.17, 15) is 19.2 Å². The highest BCUT2D eigenvalue weighted by atomic mass is 16.5. The van der Waals surface area contributed by atoms with Gasteiger partial charge in [0.05, 0.1) is 13.2 Å². The van der Waals surface area contributed by atoms with Gasteiger partial charge in [-0.25, -0.2) is 19.2 Å². The smallest absolute Gasteiger partial charge is 0.351 e. The van der Waals surface area contributed by atoms with Crippen molar-refractivity contribution in [2.75, 3.05) is 13.2 Å². The van der Waals surface area contributed by atoms with Gasteiger partial charge in [0, 0.05) is 21.9 Å². The first-order valence-electron chi connectivity index (χ1n) is 12.7. The molecular weight excluding hydrogens is 512 g/mol. The van der Waals surface area contributed by atoms with Gasteiger partial charge in [0.2, 0.25) is 0 Å². The SMILES string of the molecule is CCOC(=O)c1cc2cc3ccccc3c(-c3c4ccccc4cc4cc(C(=O)OCC)c(=O)oc34)c2oc1=O. The number of benzene rings is 4. The number of esters is 2. The minimum absolute atomic E-state index is 0.105. The molecule has 0 N–H and O–H groups in total. The molecule has 2 aromatic heterocycles. The number of hydrogen-bond acceptors (Lipinski definition) is 8. The van der Waals surface area contributed by atoms with Crippen LogP contribution >= 0.6 is 0 Å². The van der Waals surface area contributed by atoms with Gasteiger partial charge < -0.3 is 18.3 Å². The predicted molar refractivity (Wildman–Crippen MR) is 151 cm³/mol. The Labute approximate surface area is 226 Å². The molecule has 0 saturated heterocycles. The first-order valence-corrected chi connectivity index (χ1v) is 12.7. The molecular formula is C32H22O8. The summed E-state index contributed by atoms with van der Waals surface area (Å²) in [6.07, 6.45) is 0. The molecule has 0 spiro atoms. The van der Waals surface area contributed by atoms with Crippen molar-refractivity contribution in [1.29, 1.82) is 0 Å². The average Bonchev–Trinajstić information content (AvgIpc) is 2.95. The van der Waals surface area contributed by atoms with Gasteiger partial charge in [-0.15, -0.1) is 0 Å². The second-order valence-corrected chi connectivity index (χ2v) is 9.12. The van der Waals surface area contributed by atoms with E-state index < -0.39 is 23.2 Å². The zero-order valence-electron chi connectivity index (χ0n) is 21.6. The molecule has 2 heterocycles. The van der Waals surface area contributed by atoms with Crippen molar-refractivity contribution in [3.8, 4) is 11.1 Å². The summed E-state index contributed by atoms with van der Waals surface area (Å²) in [5.41, 5.74) is -0.689. The summed E-state index contributed by atoms with van der Waals surface area (Å²) >= 11 is 0. The predicted octanol–water partition coefficient (Wildman–Crippen LogP) is 6.23. The molecule has 0 atom stereocenters. The van der Waals surface area contributed by atoms with Gasteiger partial charge in [-0.1, -0.05) is 48.5 Å². The van der Waals surface area contributed by atoms with Gasteiger partial charge in [-0.2, -0.15) is 0 Å². The fourth-order valence-electron chi connectivity index (χ4n) is 5.06. The number of carbonyl (C=O) groups excluding carboxylic acids is 2. The topological polar surface area (TPSA) is 113 Å². The van der Waals surface area contributed by atoms with E-state index >= 15 is 0 Å². The Morgan fingerprint density at radius 1 is 0.600 bits per heavy atom. The number of hydrogen-bond donors (Lipinski definition) is 0.